The summed E-state index contributed by atoms with van der Waals surface area (Å²) in [5, 5.41) is 11.8. The van der Waals surface area contributed by atoms with Crippen LogP contribution in [-0.2, 0) is 7.05 Å². The number of benzene rings is 1. The van der Waals surface area contributed by atoms with Crippen LogP contribution in [0.25, 0.3) is 22.4 Å². The number of nitrogens with one attached hydrogen (secondary N) is 1. The molecule has 3 aromatic heterocycles. The Morgan fingerprint density at radius 3 is 2.68 bits per heavy atom. The summed E-state index contributed by atoms with van der Waals surface area (Å²) in [7, 11) is 1.82. The molecular weight excluding hydrogens is 361 g/mol. The fraction of sp³-hybridized carbons (Fsp3) is 0.200. The van der Waals surface area contributed by atoms with Gasteiger partial charge in [-0.05, 0) is 50.2 Å². The molecule has 0 unspecified atom stereocenters. The van der Waals surface area contributed by atoms with Gasteiger partial charge in [0.05, 0.1) is 34.1 Å². The molecule has 8 heteroatoms. The summed E-state index contributed by atoms with van der Waals surface area (Å²) in [6.07, 6.45) is 1.82. The maximum Gasteiger partial charge on any atom is 0.259 e. The van der Waals surface area contributed by atoms with Gasteiger partial charge in [0.15, 0.2) is 0 Å². The summed E-state index contributed by atoms with van der Waals surface area (Å²) in [4.78, 5) is 17.5. The summed E-state index contributed by atoms with van der Waals surface area (Å²) in [6, 6.07) is 9.12. The fourth-order valence-electron chi connectivity index (χ4n) is 3.05. The van der Waals surface area contributed by atoms with E-state index in [1.807, 2.05) is 26.2 Å². The Hall–Kier alpha value is -3.55. The van der Waals surface area contributed by atoms with Gasteiger partial charge in [-0.1, -0.05) is 5.16 Å². The smallest absolute Gasteiger partial charge is 0.259 e. The summed E-state index contributed by atoms with van der Waals surface area (Å²) in [6.45, 7) is 3.62. The Balaban J connectivity index is 1.75. The van der Waals surface area contributed by atoms with E-state index >= 15 is 0 Å². The monoisotopic (exact) mass is 379 g/mol. The van der Waals surface area contributed by atoms with Crippen LogP contribution in [0, 0.1) is 12.7 Å². The third kappa shape index (κ3) is 3.24. The third-order valence-corrected chi connectivity index (χ3v) is 4.53. The molecule has 0 aliphatic carbocycles. The number of rotatable bonds is 4. The van der Waals surface area contributed by atoms with Gasteiger partial charge >= 0.3 is 0 Å². The van der Waals surface area contributed by atoms with Crippen LogP contribution < -0.4 is 5.32 Å². The van der Waals surface area contributed by atoms with E-state index in [0.717, 1.165) is 5.69 Å². The summed E-state index contributed by atoms with van der Waals surface area (Å²) >= 11 is 0. The molecule has 0 saturated carbocycles. The second-order valence-corrected chi connectivity index (χ2v) is 6.62. The van der Waals surface area contributed by atoms with Crippen LogP contribution in [0.5, 0.6) is 0 Å². The molecule has 28 heavy (non-hydrogen) atoms. The lowest BCUT2D eigenvalue weighted by Gasteiger charge is -2.13. The Kier molecular flexibility index (Phi) is 4.38. The molecule has 1 aromatic carbocycles. The Morgan fingerprint density at radius 2 is 2.00 bits per heavy atom. The third-order valence-electron chi connectivity index (χ3n) is 4.53. The van der Waals surface area contributed by atoms with Crippen LogP contribution in [0.15, 0.2) is 47.1 Å². The molecule has 4 rings (SSSR count). The number of hydrogen-bond acceptors (Lipinski definition) is 5. The largest absolute Gasteiger partial charge is 0.344 e. The van der Waals surface area contributed by atoms with Crippen molar-refractivity contribution in [3.05, 3.63) is 65.4 Å². The molecule has 142 valence electrons. The second-order valence-electron chi connectivity index (χ2n) is 6.62. The minimum atomic E-state index is -0.345. The van der Waals surface area contributed by atoms with Crippen LogP contribution in [0.3, 0.4) is 0 Å². The molecule has 1 N–H and O–H groups in total. The Labute approximate surface area is 160 Å². The first kappa shape index (κ1) is 17.8. The summed E-state index contributed by atoms with van der Waals surface area (Å²) < 4.78 is 20.2. The average Bonchev–Trinajstić information content (AvgIpc) is 3.28. The van der Waals surface area contributed by atoms with Gasteiger partial charge in [0.25, 0.3) is 11.6 Å². The zero-order valence-corrected chi connectivity index (χ0v) is 15.6. The highest BCUT2D eigenvalue weighted by Gasteiger charge is 2.21. The number of aryl methyl sites for hydroxylation is 2. The quantitative estimate of drug-likeness (QED) is 0.586. The number of pyridine rings is 1. The van der Waals surface area contributed by atoms with Crippen molar-refractivity contribution in [1.82, 2.24) is 25.2 Å². The highest BCUT2D eigenvalue weighted by molar-refractivity contribution is 6.07. The van der Waals surface area contributed by atoms with Gasteiger partial charge in [-0.25, -0.2) is 9.37 Å². The van der Waals surface area contributed by atoms with Gasteiger partial charge in [0.2, 0.25) is 0 Å². The minimum Gasteiger partial charge on any atom is -0.344 e. The summed E-state index contributed by atoms with van der Waals surface area (Å²) in [5.74, 6) is -0.636. The Morgan fingerprint density at radius 1 is 1.25 bits per heavy atom. The highest BCUT2D eigenvalue weighted by atomic mass is 19.1. The van der Waals surface area contributed by atoms with Crippen molar-refractivity contribution in [2.75, 3.05) is 0 Å². The van der Waals surface area contributed by atoms with Gasteiger partial charge in [-0.3, -0.25) is 9.48 Å². The first-order valence-electron chi connectivity index (χ1n) is 8.76. The molecule has 0 bridgehead atoms. The zero-order valence-electron chi connectivity index (χ0n) is 15.6. The van der Waals surface area contributed by atoms with E-state index in [1.165, 1.54) is 12.1 Å². The average molecular weight is 379 g/mol. The van der Waals surface area contributed by atoms with Crippen LogP contribution in [0.2, 0.25) is 0 Å². The van der Waals surface area contributed by atoms with E-state index < -0.39 is 0 Å². The van der Waals surface area contributed by atoms with Gasteiger partial charge < -0.3 is 9.84 Å². The zero-order chi connectivity index (χ0) is 19.8. The van der Waals surface area contributed by atoms with E-state index in [1.54, 1.807) is 29.8 Å². The SMILES string of the molecule is Cc1noc2nc(-c3ccc(F)cc3)cc(C(=O)N[C@@H](C)c3ccn(C)n3)c12. The second kappa shape index (κ2) is 6.88. The van der Waals surface area contributed by atoms with Gasteiger partial charge in [-0.2, -0.15) is 5.10 Å². The number of carbonyl (C=O) groups excluding carboxylic acids is 1. The number of aromatic nitrogens is 4. The van der Waals surface area contributed by atoms with Crippen LogP contribution >= 0.6 is 0 Å². The first-order chi connectivity index (χ1) is 13.4. The van der Waals surface area contributed by atoms with Crippen molar-refractivity contribution < 1.29 is 13.7 Å². The maximum absolute atomic E-state index is 13.3. The summed E-state index contributed by atoms with van der Waals surface area (Å²) in [5.41, 5.74) is 3.15. The molecule has 0 spiro atoms. The number of fused-ring (bicyclic) bond motifs is 1. The van der Waals surface area contributed by atoms with E-state index in [4.69, 9.17) is 4.52 Å². The molecule has 0 aliphatic rings. The molecule has 1 amide bonds. The van der Waals surface area contributed by atoms with E-state index in [9.17, 15) is 9.18 Å². The molecular formula is C20H18FN5O2. The van der Waals surface area contributed by atoms with Crippen molar-refractivity contribution in [1.29, 1.82) is 0 Å². The topological polar surface area (TPSA) is 85.8 Å². The molecule has 0 saturated heterocycles. The number of carbonyl (C=O) groups is 1. The predicted octanol–water partition coefficient (Wildman–Crippen LogP) is 3.56. The number of halogens is 1. The van der Waals surface area contributed by atoms with Crippen molar-refractivity contribution >= 4 is 17.0 Å². The maximum atomic E-state index is 13.3. The normalized spacial score (nSPS) is 12.3. The van der Waals surface area contributed by atoms with Crippen molar-refractivity contribution in [3.8, 4) is 11.3 Å². The predicted molar refractivity (Wildman–Crippen MR) is 101 cm³/mol. The van der Waals surface area contributed by atoms with Crippen molar-refractivity contribution in [2.24, 2.45) is 7.05 Å². The van der Waals surface area contributed by atoms with E-state index in [0.29, 0.717) is 27.9 Å². The van der Waals surface area contributed by atoms with E-state index in [2.05, 4.69) is 20.6 Å². The highest BCUT2D eigenvalue weighted by Crippen LogP contribution is 2.27. The van der Waals surface area contributed by atoms with Crippen molar-refractivity contribution in [2.45, 2.75) is 19.9 Å². The molecule has 0 radical (unpaired) electrons. The molecule has 0 aliphatic heterocycles. The first-order valence-corrected chi connectivity index (χ1v) is 8.76. The van der Waals surface area contributed by atoms with Crippen LogP contribution in [-0.4, -0.2) is 25.8 Å². The minimum absolute atomic E-state index is 0.259. The molecule has 3 heterocycles. The number of nitrogens with zero attached hydrogens (tertiary/aromatic N) is 4. The lowest BCUT2D eigenvalue weighted by molar-refractivity contribution is 0.0940. The number of hydrogen-bond donors (Lipinski definition) is 1. The van der Waals surface area contributed by atoms with Gasteiger partial charge in [0.1, 0.15) is 5.82 Å². The Bertz CT molecular complexity index is 1160. The standard InChI is InChI=1S/C20H18FN5O2/c1-11(16-8-9-26(3)24-16)22-19(27)15-10-17(13-4-6-14(21)7-5-13)23-20-18(15)12(2)25-28-20/h4-11H,1-3H3,(H,22,27)/t11-/m0/s1. The molecule has 0 fully saturated rings. The number of amides is 1. The lowest BCUT2D eigenvalue weighted by atomic mass is 10.0. The molecule has 7 nitrogen and oxygen atoms in total. The lowest BCUT2D eigenvalue weighted by Crippen LogP contribution is -2.27. The van der Waals surface area contributed by atoms with Gasteiger partial charge in [0, 0.05) is 18.8 Å². The van der Waals surface area contributed by atoms with Crippen LogP contribution in [0.1, 0.15) is 34.7 Å². The van der Waals surface area contributed by atoms with Crippen molar-refractivity contribution in [3.63, 3.8) is 0 Å². The van der Waals surface area contributed by atoms with Gasteiger partial charge in [-0.15, -0.1) is 0 Å². The van der Waals surface area contributed by atoms with Crippen LogP contribution in [0.4, 0.5) is 4.39 Å². The fourth-order valence-corrected chi connectivity index (χ4v) is 3.05. The molecule has 1 atom stereocenters. The van der Waals surface area contributed by atoms with E-state index in [-0.39, 0.29) is 23.5 Å². The molecule has 4 aromatic rings.